The zero-order chi connectivity index (χ0) is 15.4. The lowest BCUT2D eigenvalue weighted by Gasteiger charge is -2.27. The molecule has 1 aromatic carbocycles. The summed E-state index contributed by atoms with van der Waals surface area (Å²) in [6.45, 7) is 4.31. The van der Waals surface area contributed by atoms with Gasteiger partial charge in [-0.25, -0.2) is 0 Å². The van der Waals surface area contributed by atoms with E-state index in [4.69, 9.17) is 4.42 Å². The zero-order valence-corrected chi connectivity index (χ0v) is 13.5. The van der Waals surface area contributed by atoms with E-state index in [1.54, 1.807) is 11.3 Å². The molecule has 0 radical (unpaired) electrons. The molecular weight excluding hydrogens is 292 g/mol. The second-order valence-corrected chi connectivity index (χ2v) is 7.66. The van der Waals surface area contributed by atoms with Gasteiger partial charge in [-0.2, -0.15) is 0 Å². The Hall–Kier alpha value is -1.84. The van der Waals surface area contributed by atoms with E-state index in [9.17, 15) is 5.11 Å². The normalized spacial score (nSPS) is 23.9. The number of hydrogen-bond donors (Lipinski definition) is 1. The van der Waals surface area contributed by atoms with E-state index >= 15 is 0 Å². The van der Waals surface area contributed by atoms with E-state index < -0.39 is 5.60 Å². The van der Waals surface area contributed by atoms with Gasteiger partial charge in [-0.3, -0.25) is 0 Å². The van der Waals surface area contributed by atoms with Gasteiger partial charge in [0.15, 0.2) is 0 Å². The Balaban J connectivity index is 1.90. The molecule has 0 spiro atoms. The van der Waals surface area contributed by atoms with E-state index in [-0.39, 0.29) is 5.41 Å². The Morgan fingerprint density at radius 2 is 1.95 bits per heavy atom. The quantitative estimate of drug-likeness (QED) is 0.706. The molecule has 1 unspecified atom stereocenters. The molecule has 3 heteroatoms. The minimum Gasteiger partial charge on any atom is -0.456 e. The third kappa shape index (κ3) is 2.04. The Kier molecular flexibility index (Phi) is 2.87. The van der Waals surface area contributed by atoms with Crippen LogP contribution in [0.4, 0.5) is 0 Å². The van der Waals surface area contributed by atoms with E-state index in [0.29, 0.717) is 6.42 Å². The molecule has 2 aromatic heterocycles. The van der Waals surface area contributed by atoms with E-state index in [2.05, 4.69) is 19.9 Å². The topological polar surface area (TPSA) is 33.4 Å². The summed E-state index contributed by atoms with van der Waals surface area (Å²) in [6, 6.07) is 14.0. The molecule has 0 amide bonds. The minimum absolute atomic E-state index is 0.0625. The summed E-state index contributed by atoms with van der Waals surface area (Å²) in [6.07, 6.45) is 2.83. The highest BCUT2D eigenvalue weighted by Crippen LogP contribution is 2.53. The third-order valence-corrected chi connectivity index (χ3v) is 5.33. The number of aliphatic hydroxyl groups is 1. The molecular formula is C19H18O2S. The smallest absolute Gasteiger partial charge is 0.134 e. The van der Waals surface area contributed by atoms with Crippen LogP contribution in [0.15, 0.2) is 58.3 Å². The van der Waals surface area contributed by atoms with Crippen LogP contribution in [0.3, 0.4) is 0 Å². The molecule has 1 aliphatic carbocycles. The lowest BCUT2D eigenvalue weighted by atomic mass is 9.85. The highest BCUT2D eigenvalue weighted by atomic mass is 32.1. The molecule has 2 nitrogen and oxygen atoms in total. The maximum Gasteiger partial charge on any atom is 0.134 e. The maximum absolute atomic E-state index is 11.4. The number of para-hydroxylation sites is 1. The third-order valence-electron chi connectivity index (χ3n) is 4.31. The molecule has 22 heavy (non-hydrogen) atoms. The molecule has 4 rings (SSSR count). The number of thiophene rings is 1. The molecule has 0 saturated heterocycles. The SMILES string of the molecule is CC1(C)C=C(c2cc3ccccc3o2)C(O)(c2cccs2)C1. The van der Waals surface area contributed by atoms with Gasteiger partial charge < -0.3 is 9.52 Å². The van der Waals surface area contributed by atoms with Gasteiger partial charge in [0.1, 0.15) is 16.9 Å². The first-order valence-electron chi connectivity index (χ1n) is 7.47. The molecule has 0 aliphatic heterocycles. The molecule has 2 heterocycles. The van der Waals surface area contributed by atoms with Crippen molar-refractivity contribution in [1.29, 1.82) is 0 Å². The molecule has 1 aliphatic rings. The fourth-order valence-corrected chi connectivity index (χ4v) is 4.28. The van der Waals surface area contributed by atoms with Gasteiger partial charge in [0, 0.05) is 15.8 Å². The lowest BCUT2D eigenvalue weighted by Crippen LogP contribution is -2.25. The van der Waals surface area contributed by atoms with E-state index in [0.717, 1.165) is 27.2 Å². The second kappa shape index (κ2) is 4.58. The van der Waals surface area contributed by atoms with Crippen molar-refractivity contribution >= 4 is 27.9 Å². The maximum atomic E-state index is 11.4. The number of furan rings is 1. The predicted octanol–water partition coefficient (Wildman–Crippen LogP) is 5.20. The van der Waals surface area contributed by atoms with Crippen molar-refractivity contribution in [2.45, 2.75) is 25.9 Å². The van der Waals surface area contributed by atoms with Crippen LogP contribution in [0.5, 0.6) is 0 Å². The van der Waals surface area contributed by atoms with Crippen molar-refractivity contribution in [2.24, 2.45) is 5.41 Å². The first-order chi connectivity index (χ1) is 10.5. The Labute approximate surface area is 133 Å². The monoisotopic (exact) mass is 310 g/mol. The van der Waals surface area contributed by atoms with Crippen LogP contribution in [0.1, 0.15) is 30.9 Å². The van der Waals surface area contributed by atoms with Gasteiger partial charge in [-0.1, -0.05) is 44.2 Å². The van der Waals surface area contributed by atoms with Gasteiger partial charge in [0.25, 0.3) is 0 Å². The van der Waals surface area contributed by atoms with Gasteiger partial charge >= 0.3 is 0 Å². The van der Waals surface area contributed by atoms with Crippen molar-refractivity contribution in [3.63, 3.8) is 0 Å². The van der Waals surface area contributed by atoms with Crippen molar-refractivity contribution < 1.29 is 9.52 Å². The van der Waals surface area contributed by atoms with Crippen LogP contribution < -0.4 is 0 Å². The molecule has 0 bridgehead atoms. The number of allylic oxidation sites excluding steroid dienone is 1. The van der Waals surface area contributed by atoms with E-state index in [1.807, 2.05) is 47.8 Å². The number of hydrogen-bond acceptors (Lipinski definition) is 3. The van der Waals surface area contributed by atoms with E-state index in [1.165, 1.54) is 0 Å². The fourth-order valence-electron chi connectivity index (χ4n) is 3.44. The number of benzene rings is 1. The summed E-state index contributed by atoms with van der Waals surface area (Å²) in [7, 11) is 0. The summed E-state index contributed by atoms with van der Waals surface area (Å²) in [4.78, 5) is 0.977. The first kappa shape index (κ1) is 13.8. The Bertz CT molecular complexity index is 822. The van der Waals surface area contributed by atoms with Gasteiger partial charge in [0.2, 0.25) is 0 Å². The highest BCUT2D eigenvalue weighted by Gasteiger charge is 2.47. The molecule has 112 valence electrons. The standard InChI is InChI=1S/C19H18O2S/c1-18(2)11-14(19(20,12-18)17-8-5-9-22-17)16-10-13-6-3-4-7-15(13)21-16/h3-11,20H,12H2,1-2H3. The largest absolute Gasteiger partial charge is 0.456 e. The van der Waals surface area contributed by atoms with Crippen LogP contribution in [0.25, 0.3) is 16.5 Å². The molecule has 1 atom stereocenters. The van der Waals surface area contributed by atoms with Gasteiger partial charge in [-0.05, 0) is 35.4 Å². The zero-order valence-electron chi connectivity index (χ0n) is 12.7. The van der Waals surface area contributed by atoms with Gasteiger partial charge in [0.05, 0.1) is 0 Å². The number of fused-ring (bicyclic) bond motifs is 1. The minimum atomic E-state index is -0.967. The highest BCUT2D eigenvalue weighted by molar-refractivity contribution is 7.10. The van der Waals surface area contributed by atoms with Crippen molar-refractivity contribution in [1.82, 2.24) is 0 Å². The molecule has 1 N–H and O–H groups in total. The molecule has 0 saturated carbocycles. The summed E-state index contributed by atoms with van der Waals surface area (Å²) in [5.41, 5.74) is 0.714. The summed E-state index contributed by atoms with van der Waals surface area (Å²) in [5, 5.41) is 14.5. The number of rotatable bonds is 2. The Morgan fingerprint density at radius 3 is 2.68 bits per heavy atom. The fraction of sp³-hybridized carbons (Fsp3) is 0.263. The van der Waals surface area contributed by atoms with Crippen molar-refractivity contribution in [3.05, 3.63) is 64.6 Å². The van der Waals surface area contributed by atoms with Gasteiger partial charge in [-0.15, -0.1) is 11.3 Å². The summed E-state index contributed by atoms with van der Waals surface area (Å²) in [5.74, 6) is 0.766. The van der Waals surface area contributed by atoms with Crippen molar-refractivity contribution in [3.8, 4) is 0 Å². The summed E-state index contributed by atoms with van der Waals surface area (Å²) < 4.78 is 6.02. The summed E-state index contributed by atoms with van der Waals surface area (Å²) >= 11 is 1.59. The lowest BCUT2D eigenvalue weighted by molar-refractivity contribution is 0.0779. The average molecular weight is 310 g/mol. The average Bonchev–Trinajstić information content (AvgIpc) is 3.16. The van der Waals surface area contributed by atoms with Crippen LogP contribution >= 0.6 is 11.3 Å². The van der Waals surface area contributed by atoms with Crippen LogP contribution in [0.2, 0.25) is 0 Å². The van der Waals surface area contributed by atoms with Crippen molar-refractivity contribution in [2.75, 3.05) is 0 Å². The predicted molar refractivity (Wildman–Crippen MR) is 90.8 cm³/mol. The van der Waals surface area contributed by atoms with Crippen LogP contribution in [-0.4, -0.2) is 5.11 Å². The van der Waals surface area contributed by atoms with Crippen LogP contribution in [-0.2, 0) is 5.60 Å². The second-order valence-electron chi connectivity index (χ2n) is 6.71. The molecule has 3 aromatic rings. The van der Waals surface area contributed by atoms with Crippen LogP contribution in [0, 0.1) is 5.41 Å². The Morgan fingerprint density at radius 1 is 1.14 bits per heavy atom. The first-order valence-corrected chi connectivity index (χ1v) is 8.35. The molecule has 0 fully saturated rings.